The van der Waals surface area contributed by atoms with Crippen LogP contribution in [0.5, 0.6) is 5.75 Å². The number of rotatable bonds is 5. The number of fused-ring (bicyclic) bond motifs is 1. The van der Waals surface area contributed by atoms with Gasteiger partial charge in [-0.1, -0.05) is 11.6 Å². The van der Waals surface area contributed by atoms with Crippen LogP contribution in [0.2, 0.25) is 5.02 Å². The number of nitrogens with zero attached hydrogens (tertiary/aromatic N) is 3. The summed E-state index contributed by atoms with van der Waals surface area (Å²) >= 11 is 6.97. The van der Waals surface area contributed by atoms with Gasteiger partial charge in [0.25, 0.3) is 11.9 Å². The molecule has 1 fully saturated rings. The molecular weight excluding hydrogens is 513 g/mol. The maximum absolute atomic E-state index is 13.2. The summed E-state index contributed by atoms with van der Waals surface area (Å²) in [7, 11) is 0. The molecule has 1 amide bonds. The number of alkyl halides is 5. The summed E-state index contributed by atoms with van der Waals surface area (Å²) in [5.74, 6) is -1.82. The second kappa shape index (κ2) is 9.11. The maximum atomic E-state index is 13.2. The van der Waals surface area contributed by atoms with E-state index in [1.165, 1.54) is 5.38 Å². The molecular formula is C18H15ClF5N5O4S. The molecule has 1 unspecified atom stereocenters. The molecule has 3 N–H and O–H groups in total. The SMILES string of the molecule is NC1=N[C@]2(c3nc(NC(=O)c4ncc(OC(F)F)cc4Cl)cs3)COC(C(F)(F)F)C[C@@H]2CO1. The molecule has 0 radical (unpaired) electrons. The zero-order valence-electron chi connectivity index (χ0n) is 16.8. The first-order chi connectivity index (χ1) is 16.0. The lowest BCUT2D eigenvalue weighted by atomic mass is 9.79. The molecule has 2 aliphatic rings. The van der Waals surface area contributed by atoms with Crippen LogP contribution in [-0.2, 0) is 15.0 Å². The van der Waals surface area contributed by atoms with Crippen LogP contribution >= 0.6 is 22.9 Å². The summed E-state index contributed by atoms with van der Waals surface area (Å²) in [5, 5.41) is 3.91. The molecule has 1 saturated heterocycles. The van der Waals surface area contributed by atoms with Crippen LogP contribution < -0.4 is 15.8 Å². The molecule has 34 heavy (non-hydrogen) atoms. The lowest BCUT2D eigenvalue weighted by molar-refractivity contribution is -0.249. The van der Waals surface area contributed by atoms with Crippen molar-refractivity contribution in [2.45, 2.75) is 30.9 Å². The van der Waals surface area contributed by atoms with Gasteiger partial charge in [0.2, 0.25) is 0 Å². The number of halogens is 6. The van der Waals surface area contributed by atoms with Crippen LogP contribution in [0.1, 0.15) is 21.9 Å². The van der Waals surface area contributed by atoms with Crippen LogP contribution in [0, 0.1) is 5.92 Å². The number of amides is 1. The lowest BCUT2D eigenvalue weighted by Crippen LogP contribution is -2.54. The van der Waals surface area contributed by atoms with Crippen molar-refractivity contribution in [2.75, 3.05) is 18.5 Å². The van der Waals surface area contributed by atoms with Gasteiger partial charge in [0, 0.05) is 17.4 Å². The van der Waals surface area contributed by atoms with E-state index in [-0.39, 0.29) is 39.9 Å². The largest absolute Gasteiger partial charge is 0.465 e. The predicted molar refractivity (Wildman–Crippen MR) is 109 cm³/mol. The molecule has 3 atom stereocenters. The fourth-order valence-corrected chi connectivity index (χ4v) is 4.79. The number of hydrogen-bond acceptors (Lipinski definition) is 9. The minimum absolute atomic E-state index is 0.0436. The monoisotopic (exact) mass is 527 g/mol. The molecule has 16 heteroatoms. The van der Waals surface area contributed by atoms with Crippen LogP contribution in [0.3, 0.4) is 0 Å². The van der Waals surface area contributed by atoms with Gasteiger partial charge >= 0.3 is 12.8 Å². The Hall–Kier alpha value is -2.78. The predicted octanol–water partition coefficient (Wildman–Crippen LogP) is 3.55. The molecule has 9 nitrogen and oxygen atoms in total. The number of aromatic nitrogens is 2. The van der Waals surface area contributed by atoms with E-state index in [2.05, 4.69) is 25.0 Å². The van der Waals surface area contributed by atoms with Gasteiger partial charge in [-0.2, -0.15) is 22.0 Å². The number of aliphatic imine (C=N–C) groups is 1. The van der Waals surface area contributed by atoms with Gasteiger partial charge in [-0.15, -0.1) is 11.3 Å². The minimum Gasteiger partial charge on any atom is -0.465 e. The lowest BCUT2D eigenvalue weighted by Gasteiger charge is -2.44. The zero-order chi connectivity index (χ0) is 24.7. The Morgan fingerprint density at radius 3 is 2.85 bits per heavy atom. The molecule has 0 aromatic carbocycles. The Kier molecular flexibility index (Phi) is 6.52. The molecule has 2 aromatic heterocycles. The second-order valence-corrected chi connectivity index (χ2v) is 8.60. The Morgan fingerprint density at radius 2 is 2.18 bits per heavy atom. The molecule has 0 bridgehead atoms. The van der Waals surface area contributed by atoms with Crippen LogP contribution in [0.15, 0.2) is 22.6 Å². The third-order valence-electron chi connectivity index (χ3n) is 5.16. The summed E-state index contributed by atoms with van der Waals surface area (Å²) in [5.41, 5.74) is 4.09. The number of carbonyl (C=O) groups excluding carboxylic acids is 1. The van der Waals surface area contributed by atoms with Gasteiger partial charge < -0.3 is 25.3 Å². The highest BCUT2D eigenvalue weighted by Gasteiger charge is 2.56. The van der Waals surface area contributed by atoms with Gasteiger partial charge in [0.05, 0.1) is 24.4 Å². The Morgan fingerprint density at radius 1 is 1.41 bits per heavy atom. The summed E-state index contributed by atoms with van der Waals surface area (Å²) in [6.45, 7) is -3.64. The van der Waals surface area contributed by atoms with Crippen molar-refractivity contribution in [3.05, 3.63) is 33.4 Å². The average molecular weight is 528 g/mol. The number of amidine groups is 1. The highest BCUT2D eigenvalue weighted by molar-refractivity contribution is 7.10. The maximum Gasteiger partial charge on any atom is 0.414 e. The van der Waals surface area contributed by atoms with Gasteiger partial charge in [0.1, 0.15) is 27.8 Å². The van der Waals surface area contributed by atoms with Crippen molar-refractivity contribution >= 4 is 40.7 Å². The summed E-state index contributed by atoms with van der Waals surface area (Å²) in [6.07, 6.45) is -6.04. The Bertz CT molecular complexity index is 1120. The van der Waals surface area contributed by atoms with Gasteiger partial charge in [-0.25, -0.2) is 15.0 Å². The molecule has 2 aliphatic heterocycles. The number of thiazole rings is 1. The summed E-state index contributed by atoms with van der Waals surface area (Å²) in [4.78, 5) is 24.8. The summed E-state index contributed by atoms with van der Waals surface area (Å²) in [6, 6.07) is 0.787. The van der Waals surface area contributed by atoms with Crippen molar-refractivity contribution in [1.82, 2.24) is 9.97 Å². The standard InChI is InChI=1S/C18H15ClF5N5O4S/c19-9-2-8(33-15(20)21)3-26-12(9)13(30)27-11-5-34-14(28-11)17-6-32-10(18(22,23)24)1-7(17)4-31-16(25)29-17/h2-3,5,7,10,15H,1,4,6H2,(H2,25,29)(H,27,30)/t7-,10?,17-/m1/s1. The van der Waals surface area contributed by atoms with E-state index in [0.29, 0.717) is 0 Å². The number of ether oxygens (including phenoxy) is 3. The number of carbonyl (C=O) groups is 1. The molecule has 4 heterocycles. The first-order valence-corrected chi connectivity index (χ1v) is 10.8. The molecule has 4 rings (SSSR count). The first-order valence-electron chi connectivity index (χ1n) is 9.52. The van der Waals surface area contributed by atoms with Crippen molar-refractivity contribution in [2.24, 2.45) is 16.6 Å². The van der Waals surface area contributed by atoms with Crippen LogP contribution in [-0.4, -0.2) is 54.0 Å². The van der Waals surface area contributed by atoms with E-state index >= 15 is 0 Å². The number of hydrogen-bond donors (Lipinski definition) is 2. The van der Waals surface area contributed by atoms with Crippen molar-refractivity contribution < 1.29 is 41.0 Å². The number of pyridine rings is 1. The highest BCUT2D eigenvalue weighted by Crippen LogP contribution is 2.47. The van der Waals surface area contributed by atoms with E-state index in [1.54, 1.807) is 0 Å². The zero-order valence-corrected chi connectivity index (χ0v) is 18.4. The third-order valence-corrected chi connectivity index (χ3v) is 6.46. The van der Waals surface area contributed by atoms with Crippen molar-refractivity contribution in [3.8, 4) is 5.75 Å². The van der Waals surface area contributed by atoms with E-state index in [1.807, 2.05) is 0 Å². The normalized spacial score (nSPS) is 24.7. The van der Waals surface area contributed by atoms with E-state index in [9.17, 15) is 26.7 Å². The van der Waals surface area contributed by atoms with E-state index in [4.69, 9.17) is 26.8 Å². The second-order valence-electron chi connectivity index (χ2n) is 7.33. The molecule has 184 valence electrons. The highest BCUT2D eigenvalue weighted by atomic mass is 35.5. The Balaban J connectivity index is 1.54. The van der Waals surface area contributed by atoms with Gasteiger partial charge in [-0.05, 0) is 6.42 Å². The van der Waals surface area contributed by atoms with Crippen molar-refractivity contribution in [1.29, 1.82) is 0 Å². The quantitative estimate of drug-likeness (QED) is 0.570. The van der Waals surface area contributed by atoms with Gasteiger partial charge in [0.15, 0.2) is 6.10 Å². The topological polar surface area (TPSA) is 121 Å². The molecule has 0 spiro atoms. The first kappa shape index (κ1) is 24.3. The van der Waals surface area contributed by atoms with E-state index < -0.39 is 49.3 Å². The smallest absolute Gasteiger partial charge is 0.414 e. The number of nitrogens with two attached hydrogens (primary N) is 1. The molecule has 0 saturated carbocycles. The minimum atomic E-state index is -4.55. The third kappa shape index (κ3) is 4.86. The average Bonchev–Trinajstić information content (AvgIpc) is 3.21. The summed E-state index contributed by atoms with van der Waals surface area (Å²) < 4.78 is 78.6. The number of nitrogens with one attached hydrogen (secondary N) is 1. The molecule has 2 aromatic rings. The fourth-order valence-electron chi connectivity index (χ4n) is 3.58. The van der Waals surface area contributed by atoms with E-state index in [0.717, 1.165) is 23.6 Å². The molecule has 0 aliphatic carbocycles. The number of anilines is 1. The van der Waals surface area contributed by atoms with Crippen molar-refractivity contribution in [3.63, 3.8) is 0 Å². The van der Waals surface area contributed by atoms with Crippen LogP contribution in [0.25, 0.3) is 0 Å². The van der Waals surface area contributed by atoms with Gasteiger partial charge in [-0.3, -0.25) is 4.79 Å². The van der Waals surface area contributed by atoms with Crippen LogP contribution in [0.4, 0.5) is 27.8 Å². The Labute approximate surface area is 197 Å². The fraction of sp³-hybridized carbons (Fsp3) is 0.444.